The minimum atomic E-state index is 0.215. The molecule has 0 aromatic heterocycles. The van der Waals surface area contributed by atoms with Gasteiger partial charge >= 0.3 is 0 Å². The summed E-state index contributed by atoms with van der Waals surface area (Å²) in [5.74, 6) is 0. The fourth-order valence-corrected chi connectivity index (χ4v) is 1.15. The zero-order valence-electron chi connectivity index (χ0n) is 7.92. The SMILES string of the molecule is CCCC(CO)NCCCCO. The van der Waals surface area contributed by atoms with Gasteiger partial charge in [-0.15, -0.1) is 0 Å². The quantitative estimate of drug-likeness (QED) is 0.471. The average Bonchev–Trinajstić information content (AvgIpc) is 2.10. The normalized spacial score (nSPS) is 13.2. The minimum absolute atomic E-state index is 0.215. The van der Waals surface area contributed by atoms with Crippen molar-refractivity contribution in [3.05, 3.63) is 0 Å². The van der Waals surface area contributed by atoms with Gasteiger partial charge in [0.25, 0.3) is 0 Å². The molecular weight excluding hydrogens is 154 g/mol. The molecule has 0 radical (unpaired) electrons. The van der Waals surface area contributed by atoms with Crippen LogP contribution in [0.25, 0.3) is 0 Å². The summed E-state index contributed by atoms with van der Waals surface area (Å²) < 4.78 is 0. The van der Waals surface area contributed by atoms with Crippen molar-refractivity contribution in [2.45, 2.75) is 38.6 Å². The van der Waals surface area contributed by atoms with Crippen molar-refractivity contribution >= 4 is 0 Å². The predicted octanol–water partition coefficient (Wildman–Crippen LogP) is 0.510. The summed E-state index contributed by atoms with van der Waals surface area (Å²) in [6.45, 7) is 3.48. The van der Waals surface area contributed by atoms with Gasteiger partial charge in [-0.25, -0.2) is 0 Å². The van der Waals surface area contributed by atoms with Crippen LogP contribution in [0.1, 0.15) is 32.6 Å². The molecular formula is C9H21NO2. The van der Waals surface area contributed by atoms with Crippen LogP contribution in [0.15, 0.2) is 0 Å². The van der Waals surface area contributed by atoms with Crippen LogP contribution in [0.2, 0.25) is 0 Å². The zero-order valence-corrected chi connectivity index (χ0v) is 7.92. The lowest BCUT2D eigenvalue weighted by Crippen LogP contribution is -2.33. The van der Waals surface area contributed by atoms with E-state index in [-0.39, 0.29) is 19.3 Å². The molecule has 0 aliphatic heterocycles. The second-order valence-corrected chi connectivity index (χ2v) is 3.05. The molecule has 1 unspecified atom stereocenters. The van der Waals surface area contributed by atoms with E-state index < -0.39 is 0 Å². The number of aliphatic hydroxyl groups is 2. The molecule has 12 heavy (non-hydrogen) atoms. The standard InChI is InChI=1S/C9H21NO2/c1-2-5-9(8-12)10-6-3-4-7-11/h9-12H,2-8H2,1H3. The average molecular weight is 175 g/mol. The lowest BCUT2D eigenvalue weighted by atomic mass is 10.2. The molecule has 0 heterocycles. The summed E-state index contributed by atoms with van der Waals surface area (Å²) in [4.78, 5) is 0. The van der Waals surface area contributed by atoms with E-state index >= 15 is 0 Å². The Bertz CT molecular complexity index is 88.6. The summed E-state index contributed by atoms with van der Waals surface area (Å²) in [7, 11) is 0. The summed E-state index contributed by atoms with van der Waals surface area (Å²) >= 11 is 0. The van der Waals surface area contributed by atoms with Crippen LogP contribution >= 0.6 is 0 Å². The van der Waals surface area contributed by atoms with Crippen molar-refractivity contribution in [3.63, 3.8) is 0 Å². The van der Waals surface area contributed by atoms with E-state index in [0.717, 1.165) is 32.2 Å². The van der Waals surface area contributed by atoms with E-state index in [9.17, 15) is 0 Å². The van der Waals surface area contributed by atoms with Crippen LogP contribution in [-0.4, -0.2) is 36.0 Å². The first kappa shape index (κ1) is 11.9. The fourth-order valence-electron chi connectivity index (χ4n) is 1.15. The third-order valence-corrected chi connectivity index (χ3v) is 1.88. The predicted molar refractivity (Wildman–Crippen MR) is 50.1 cm³/mol. The fraction of sp³-hybridized carbons (Fsp3) is 1.00. The third kappa shape index (κ3) is 6.58. The smallest absolute Gasteiger partial charge is 0.0584 e. The van der Waals surface area contributed by atoms with Gasteiger partial charge in [0.05, 0.1) is 6.61 Å². The highest BCUT2D eigenvalue weighted by Crippen LogP contribution is 1.95. The van der Waals surface area contributed by atoms with E-state index in [1.54, 1.807) is 0 Å². The van der Waals surface area contributed by atoms with Crippen molar-refractivity contribution in [1.29, 1.82) is 0 Å². The number of unbranched alkanes of at least 4 members (excludes halogenated alkanes) is 1. The van der Waals surface area contributed by atoms with Gasteiger partial charge in [0.15, 0.2) is 0 Å². The monoisotopic (exact) mass is 175 g/mol. The number of hydrogen-bond acceptors (Lipinski definition) is 3. The molecule has 0 aliphatic carbocycles. The number of rotatable bonds is 8. The second-order valence-electron chi connectivity index (χ2n) is 3.05. The number of hydrogen-bond donors (Lipinski definition) is 3. The molecule has 0 aromatic carbocycles. The minimum Gasteiger partial charge on any atom is -0.396 e. The number of aliphatic hydroxyl groups excluding tert-OH is 2. The molecule has 0 saturated heterocycles. The van der Waals surface area contributed by atoms with Crippen molar-refractivity contribution in [3.8, 4) is 0 Å². The van der Waals surface area contributed by atoms with Crippen LogP contribution in [0.4, 0.5) is 0 Å². The lowest BCUT2D eigenvalue weighted by molar-refractivity contribution is 0.231. The number of nitrogens with one attached hydrogen (secondary N) is 1. The Hall–Kier alpha value is -0.120. The molecule has 0 fully saturated rings. The van der Waals surface area contributed by atoms with Gasteiger partial charge in [-0.3, -0.25) is 0 Å². The Morgan fingerprint density at radius 1 is 1.25 bits per heavy atom. The Morgan fingerprint density at radius 3 is 2.50 bits per heavy atom. The Labute approximate surface area is 74.8 Å². The van der Waals surface area contributed by atoms with Crippen LogP contribution in [0.5, 0.6) is 0 Å². The molecule has 0 spiro atoms. The first-order chi connectivity index (χ1) is 5.85. The van der Waals surface area contributed by atoms with E-state index in [1.807, 2.05) is 0 Å². The summed E-state index contributed by atoms with van der Waals surface area (Å²) in [6, 6.07) is 0.244. The van der Waals surface area contributed by atoms with Crippen molar-refractivity contribution in [2.75, 3.05) is 19.8 Å². The van der Waals surface area contributed by atoms with Crippen LogP contribution in [0, 0.1) is 0 Å². The van der Waals surface area contributed by atoms with Crippen molar-refractivity contribution in [2.24, 2.45) is 0 Å². The molecule has 1 atom stereocenters. The van der Waals surface area contributed by atoms with Gasteiger partial charge in [-0.05, 0) is 25.8 Å². The van der Waals surface area contributed by atoms with Crippen molar-refractivity contribution < 1.29 is 10.2 Å². The Balaban J connectivity index is 3.19. The molecule has 0 rings (SSSR count). The van der Waals surface area contributed by atoms with Gasteiger partial charge in [0.2, 0.25) is 0 Å². The van der Waals surface area contributed by atoms with E-state index in [4.69, 9.17) is 10.2 Å². The maximum atomic E-state index is 8.90. The van der Waals surface area contributed by atoms with Gasteiger partial charge in [-0.1, -0.05) is 13.3 Å². The van der Waals surface area contributed by atoms with E-state index in [2.05, 4.69) is 12.2 Å². The molecule has 0 aliphatic rings. The Morgan fingerprint density at radius 2 is 2.00 bits per heavy atom. The molecule has 3 heteroatoms. The maximum Gasteiger partial charge on any atom is 0.0584 e. The van der Waals surface area contributed by atoms with Gasteiger partial charge < -0.3 is 15.5 Å². The largest absolute Gasteiger partial charge is 0.396 e. The van der Waals surface area contributed by atoms with Gasteiger partial charge in [0, 0.05) is 12.6 Å². The summed E-state index contributed by atoms with van der Waals surface area (Å²) in [5, 5.41) is 20.7. The van der Waals surface area contributed by atoms with Crippen molar-refractivity contribution in [1.82, 2.24) is 5.32 Å². The topological polar surface area (TPSA) is 52.5 Å². The maximum absolute atomic E-state index is 8.90. The van der Waals surface area contributed by atoms with E-state index in [0.29, 0.717) is 0 Å². The van der Waals surface area contributed by atoms with Crippen LogP contribution in [-0.2, 0) is 0 Å². The lowest BCUT2D eigenvalue weighted by Gasteiger charge is -2.14. The molecule has 0 saturated carbocycles. The summed E-state index contributed by atoms with van der Waals surface area (Å²) in [5.41, 5.74) is 0. The molecule has 0 amide bonds. The Kier molecular flexibility index (Phi) is 8.88. The first-order valence-electron chi connectivity index (χ1n) is 4.80. The first-order valence-corrected chi connectivity index (χ1v) is 4.80. The van der Waals surface area contributed by atoms with Gasteiger partial charge in [-0.2, -0.15) is 0 Å². The molecule has 0 aromatic rings. The highest BCUT2D eigenvalue weighted by Gasteiger charge is 2.03. The highest BCUT2D eigenvalue weighted by molar-refractivity contribution is 4.63. The van der Waals surface area contributed by atoms with Gasteiger partial charge in [0.1, 0.15) is 0 Å². The molecule has 0 bridgehead atoms. The summed E-state index contributed by atoms with van der Waals surface area (Å²) in [6.07, 6.45) is 3.95. The second kappa shape index (κ2) is 8.97. The molecule has 3 nitrogen and oxygen atoms in total. The zero-order chi connectivity index (χ0) is 9.23. The molecule has 3 N–H and O–H groups in total. The highest BCUT2D eigenvalue weighted by atomic mass is 16.3. The van der Waals surface area contributed by atoms with E-state index in [1.165, 1.54) is 0 Å². The third-order valence-electron chi connectivity index (χ3n) is 1.88. The van der Waals surface area contributed by atoms with Crippen LogP contribution in [0.3, 0.4) is 0 Å². The van der Waals surface area contributed by atoms with Crippen LogP contribution < -0.4 is 5.32 Å². The molecule has 74 valence electrons.